The summed E-state index contributed by atoms with van der Waals surface area (Å²) in [6.07, 6.45) is 3.54. The summed E-state index contributed by atoms with van der Waals surface area (Å²) < 4.78 is 28.8. The fourth-order valence-electron chi connectivity index (χ4n) is 3.45. The predicted molar refractivity (Wildman–Crippen MR) is 82.4 cm³/mol. The Morgan fingerprint density at radius 2 is 1.76 bits per heavy atom. The van der Waals surface area contributed by atoms with E-state index in [0.717, 1.165) is 25.9 Å². The average molecular weight is 296 g/mol. The van der Waals surface area contributed by atoms with Gasteiger partial charge in [-0.3, -0.25) is 4.90 Å². The lowest BCUT2D eigenvalue weighted by molar-refractivity contribution is 0.0608. The minimum absolute atomic E-state index is 0.160. The topological polar surface area (TPSA) is 15.3 Å². The number of nitrogens with one attached hydrogen (secondary N) is 1. The first kappa shape index (κ1) is 16.4. The fourth-order valence-corrected chi connectivity index (χ4v) is 3.45. The number of rotatable bonds is 4. The zero-order valence-corrected chi connectivity index (χ0v) is 13.5. The molecule has 1 aliphatic heterocycles. The van der Waals surface area contributed by atoms with Crippen molar-refractivity contribution in [2.45, 2.75) is 51.6 Å². The number of hydrogen-bond acceptors (Lipinski definition) is 2. The summed E-state index contributed by atoms with van der Waals surface area (Å²) >= 11 is 0. The third-order valence-electron chi connectivity index (χ3n) is 4.77. The molecule has 2 nitrogen and oxygen atoms in total. The van der Waals surface area contributed by atoms with E-state index in [4.69, 9.17) is 0 Å². The van der Waals surface area contributed by atoms with E-state index in [1.807, 2.05) is 0 Å². The molecular formula is C17H26F2N2. The zero-order valence-electron chi connectivity index (χ0n) is 13.5. The third-order valence-corrected chi connectivity index (χ3v) is 4.77. The number of piperidine rings is 1. The lowest BCUT2D eigenvalue weighted by atomic mass is 9.84. The molecular weight excluding hydrogens is 270 g/mol. The highest BCUT2D eigenvalue weighted by Gasteiger charge is 2.39. The normalized spacial score (nSPS) is 18.8. The lowest BCUT2D eigenvalue weighted by Crippen LogP contribution is -2.54. The summed E-state index contributed by atoms with van der Waals surface area (Å²) in [5.74, 6) is -0.901. The minimum Gasteiger partial charge on any atom is -0.311 e. The van der Waals surface area contributed by atoms with Crippen LogP contribution in [-0.2, 0) is 0 Å². The van der Waals surface area contributed by atoms with Crippen molar-refractivity contribution in [3.63, 3.8) is 0 Å². The molecule has 1 fully saturated rings. The maximum atomic E-state index is 14.5. The van der Waals surface area contributed by atoms with E-state index < -0.39 is 11.6 Å². The summed E-state index contributed by atoms with van der Waals surface area (Å²) in [6, 6.07) is 2.48. The van der Waals surface area contributed by atoms with Crippen LogP contribution >= 0.6 is 0 Å². The summed E-state index contributed by atoms with van der Waals surface area (Å²) in [7, 11) is 1.78. The lowest BCUT2D eigenvalue weighted by Gasteiger charge is -2.46. The number of hydrogen-bond donors (Lipinski definition) is 1. The molecule has 1 unspecified atom stereocenters. The molecule has 1 aliphatic rings. The minimum atomic E-state index is -0.470. The molecule has 1 heterocycles. The second-order valence-corrected chi connectivity index (χ2v) is 6.52. The monoisotopic (exact) mass is 296 g/mol. The largest absolute Gasteiger partial charge is 0.311 e. The number of aryl methyl sites for hydroxylation is 1. The van der Waals surface area contributed by atoms with Crippen LogP contribution in [0, 0.1) is 18.6 Å². The Kier molecular flexibility index (Phi) is 4.99. The van der Waals surface area contributed by atoms with Gasteiger partial charge in [0, 0.05) is 11.1 Å². The molecule has 1 aromatic rings. The highest BCUT2D eigenvalue weighted by Crippen LogP contribution is 2.36. The van der Waals surface area contributed by atoms with E-state index in [9.17, 15) is 8.78 Å². The maximum Gasteiger partial charge on any atom is 0.133 e. The van der Waals surface area contributed by atoms with Gasteiger partial charge in [0.05, 0.1) is 6.04 Å². The van der Waals surface area contributed by atoms with E-state index in [1.54, 1.807) is 14.0 Å². The maximum absolute atomic E-state index is 14.5. The Morgan fingerprint density at radius 3 is 2.33 bits per heavy atom. The van der Waals surface area contributed by atoms with Crippen LogP contribution in [0.1, 0.15) is 50.3 Å². The smallest absolute Gasteiger partial charge is 0.133 e. The van der Waals surface area contributed by atoms with Crippen molar-refractivity contribution in [3.05, 3.63) is 34.9 Å². The van der Waals surface area contributed by atoms with E-state index in [2.05, 4.69) is 24.1 Å². The average Bonchev–Trinajstić information content (AvgIpc) is 2.48. The van der Waals surface area contributed by atoms with Crippen molar-refractivity contribution in [1.29, 1.82) is 0 Å². The first-order valence-corrected chi connectivity index (χ1v) is 7.76. The predicted octanol–water partition coefficient (Wildman–Crippen LogP) is 3.80. The number of halogens is 2. The molecule has 4 heteroatoms. The van der Waals surface area contributed by atoms with Crippen LogP contribution in [0.4, 0.5) is 8.78 Å². The molecule has 0 bridgehead atoms. The van der Waals surface area contributed by atoms with Gasteiger partial charge >= 0.3 is 0 Å². The summed E-state index contributed by atoms with van der Waals surface area (Å²) in [4.78, 5) is 2.35. The van der Waals surface area contributed by atoms with Crippen LogP contribution in [0.5, 0.6) is 0 Å². The van der Waals surface area contributed by atoms with Gasteiger partial charge in [-0.1, -0.05) is 12.5 Å². The van der Waals surface area contributed by atoms with Gasteiger partial charge in [0.15, 0.2) is 0 Å². The summed E-state index contributed by atoms with van der Waals surface area (Å²) in [5, 5.41) is 3.14. The molecule has 118 valence electrons. The van der Waals surface area contributed by atoms with Crippen molar-refractivity contribution >= 4 is 0 Å². The Bertz CT molecular complexity index is 494. The van der Waals surface area contributed by atoms with Gasteiger partial charge in [-0.05, 0) is 65.4 Å². The van der Waals surface area contributed by atoms with Crippen LogP contribution in [0.25, 0.3) is 0 Å². The Morgan fingerprint density at radius 1 is 1.14 bits per heavy atom. The molecule has 0 saturated carbocycles. The first-order valence-electron chi connectivity index (χ1n) is 7.76. The summed E-state index contributed by atoms with van der Waals surface area (Å²) in [5.41, 5.74) is 0.305. The molecule has 1 saturated heterocycles. The standard InChI is InChI=1S/C17H26F2N2/c1-12-8-9-13(18)14(15(12)19)16(20-4)17(2,3)21-10-6-5-7-11-21/h8-9,16,20H,5-7,10-11H2,1-4H3. The Hall–Kier alpha value is -1.00. The van der Waals surface area contributed by atoms with Crippen molar-refractivity contribution < 1.29 is 8.78 Å². The number of nitrogens with zero attached hydrogens (tertiary/aromatic N) is 1. The second kappa shape index (κ2) is 6.41. The molecule has 21 heavy (non-hydrogen) atoms. The van der Waals surface area contributed by atoms with Gasteiger partial charge in [-0.15, -0.1) is 0 Å². The summed E-state index contributed by atoms with van der Waals surface area (Å²) in [6.45, 7) is 7.79. The molecule has 1 atom stereocenters. The van der Waals surface area contributed by atoms with E-state index in [-0.39, 0.29) is 17.1 Å². The van der Waals surface area contributed by atoms with E-state index >= 15 is 0 Å². The van der Waals surface area contributed by atoms with Gasteiger partial charge in [0.2, 0.25) is 0 Å². The quantitative estimate of drug-likeness (QED) is 0.909. The van der Waals surface area contributed by atoms with Gasteiger partial charge in [-0.25, -0.2) is 8.78 Å². The molecule has 2 rings (SSSR count). The van der Waals surface area contributed by atoms with Crippen molar-refractivity contribution in [2.24, 2.45) is 0 Å². The first-order chi connectivity index (χ1) is 9.89. The number of benzene rings is 1. The van der Waals surface area contributed by atoms with Gasteiger partial charge < -0.3 is 5.32 Å². The zero-order chi connectivity index (χ0) is 15.6. The van der Waals surface area contributed by atoms with Crippen LogP contribution < -0.4 is 5.32 Å². The molecule has 0 aromatic heterocycles. The van der Waals surface area contributed by atoms with Crippen LogP contribution in [0.3, 0.4) is 0 Å². The van der Waals surface area contributed by atoms with Crippen molar-refractivity contribution in [2.75, 3.05) is 20.1 Å². The molecule has 0 spiro atoms. The Balaban J connectivity index is 2.41. The van der Waals surface area contributed by atoms with E-state index in [0.29, 0.717) is 5.56 Å². The Labute approximate surface area is 126 Å². The van der Waals surface area contributed by atoms with Crippen LogP contribution in [-0.4, -0.2) is 30.6 Å². The van der Waals surface area contributed by atoms with Gasteiger partial charge in [0.25, 0.3) is 0 Å². The highest BCUT2D eigenvalue weighted by atomic mass is 19.1. The molecule has 0 radical (unpaired) electrons. The molecule has 0 aliphatic carbocycles. The van der Waals surface area contributed by atoms with Crippen LogP contribution in [0.15, 0.2) is 12.1 Å². The van der Waals surface area contributed by atoms with Crippen molar-refractivity contribution in [3.8, 4) is 0 Å². The highest BCUT2D eigenvalue weighted by molar-refractivity contribution is 5.31. The second-order valence-electron chi connectivity index (χ2n) is 6.52. The molecule has 1 aromatic carbocycles. The van der Waals surface area contributed by atoms with Crippen LogP contribution in [0.2, 0.25) is 0 Å². The fraction of sp³-hybridized carbons (Fsp3) is 0.647. The van der Waals surface area contributed by atoms with Gasteiger partial charge in [-0.2, -0.15) is 0 Å². The van der Waals surface area contributed by atoms with Gasteiger partial charge in [0.1, 0.15) is 11.6 Å². The molecule has 0 amide bonds. The number of likely N-dealkylation sites (tertiary alicyclic amines) is 1. The third kappa shape index (κ3) is 3.11. The SMILES string of the molecule is CNC(c1c(F)ccc(C)c1F)C(C)(C)N1CCCCC1. The van der Waals surface area contributed by atoms with Crippen molar-refractivity contribution in [1.82, 2.24) is 10.2 Å². The molecule has 1 N–H and O–H groups in total. The van der Waals surface area contributed by atoms with E-state index in [1.165, 1.54) is 18.6 Å². The number of likely N-dealkylation sites (N-methyl/N-ethyl adjacent to an activating group) is 1.